The van der Waals surface area contributed by atoms with Crippen LogP contribution in [0.25, 0.3) is 0 Å². The van der Waals surface area contributed by atoms with E-state index >= 15 is 0 Å². The fourth-order valence-electron chi connectivity index (χ4n) is 5.30. The predicted octanol–water partition coefficient (Wildman–Crippen LogP) is 6.02. The lowest BCUT2D eigenvalue weighted by Gasteiger charge is -2.34. The van der Waals surface area contributed by atoms with Gasteiger partial charge in [0.25, 0.3) is 0 Å². The van der Waals surface area contributed by atoms with Crippen LogP contribution in [0.15, 0.2) is 42.5 Å². The van der Waals surface area contributed by atoms with Gasteiger partial charge in [0, 0.05) is 37.0 Å². The van der Waals surface area contributed by atoms with Crippen LogP contribution < -0.4 is 9.47 Å². The number of hydrogen-bond donors (Lipinski definition) is 0. The summed E-state index contributed by atoms with van der Waals surface area (Å²) < 4.78 is 11.5. The minimum Gasteiger partial charge on any atom is -0.493 e. The summed E-state index contributed by atoms with van der Waals surface area (Å²) in [5.74, 6) is 1.74. The Hall–Kier alpha value is -2.57. The van der Waals surface area contributed by atoms with Crippen molar-refractivity contribution >= 4 is 23.4 Å². The molecule has 0 aromatic heterocycles. The fourth-order valence-corrected chi connectivity index (χ4v) is 5.42. The van der Waals surface area contributed by atoms with Crippen molar-refractivity contribution < 1.29 is 19.1 Å². The van der Waals surface area contributed by atoms with Gasteiger partial charge in [0.2, 0.25) is 11.8 Å². The number of nitrogens with zero attached hydrogens (tertiary/aromatic N) is 2. The topological polar surface area (TPSA) is 59.1 Å². The lowest BCUT2D eigenvalue weighted by Crippen LogP contribution is -2.33. The average Bonchev–Trinajstić information content (AvgIpc) is 3.22. The molecule has 1 saturated carbocycles. The highest BCUT2D eigenvalue weighted by Crippen LogP contribution is 2.33. The Bertz CT molecular complexity index is 1020. The summed E-state index contributed by atoms with van der Waals surface area (Å²) in [4.78, 5) is 27.5. The smallest absolute Gasteiger partial charge is 0.229 e. The second-order valence-corrected chi connectivity index (χ2v) is 10.4. The Labute approximate surface area is 219 Å². The van der Waals surface area contributed by atoms with Gasteiger partial charge in [0.05, 0.1) is 13.7 Å². The van der Waals surface area contributed by atoms with Gasteiger partial charge >= 0.3 is 0 Å². The summed E-state index contributed by atoms with van der Waals surface area (Å²) in [7, 11) is 1.63. The van der Waals surface area contributed by atoms with Gasteiger partial charge in [-0.3, -0.25) is 19.4 Å². The zero-order chi connectivity index (χ0) is 25.5. The van der Waals surface area contributed by atoms with E-state index in [9.17, 15) is 9.59 Å². The molecule has 2 amide bonds. The molecule has 6 nitrogen and oxygen atoms in total. The summed E-state index contributed by atoms with van der Waals surface area (Å²) >= 11 is 6.14. The van der Waals surface area contributed by atoms with Crippen molar-refractivity contribution in [2.24, 2.45) is 5.92 Å². The van der Waals surface area contributed by atoms with Crippen molar-refractivity contribution in [1.82, 2.24) is 9.80 Å². The molecule has 0 bridgehead atoms. The Morgan fingerprint density at radius 2 is 1.69 bits per heavy atom. The minimum atomic E-state index is -0.126. The van der Waals surface area contributed by atoms with Crippen LogP contribution in [0.2, 0.25) is 5.02 Å². The zero-order valence-corrected chi connectivity index (χ0v) is 22.1. The molecule has 2 aromatic carbocycles. The van der Waals surface area contributed by atoms with E-state index in [-0.39, 0.29) is 31.0 Å². The highest BCUT2D eigenvalue weighted by atomic mass is 35.5. The number of rotatable bonds is 11. The molecule has 1 heterocycles. The van der Waals surface area contributed by atoms with Crippen LogP contribution in [0.1, 0.15) is 69.0 Å². The lowest BCUT2D eigenvalue weighted by molar-refractivity contribution is -0.138. The maximum atomic E-state index is 11.8. The third kappa shape index (κ3) is 6.80. The van der Waals surface area contributed by atoms with E-state index < -0.39 is 0 Å². The van der Waals surface area contributed by atoms with Crippen molar-refractivity contribution in [3.63, 3.8) is 0 Å². The molecule has 4 rings (SSSR count). The van der Waals surface area contributed by atoms with Gasteiger partial charge in [-0.1, -0.05) is 49.1 Å². The zero-order valence-electron chi connectivity index (χ0n) is 21.4. The van der Waals surface area contributed by atoms with E-state index in [1.54, 1.807) is 7.11 Å². The molecule has 1 aliphatic heterocycles. The quantitative estimate of drug-likeness (QED) is 0.344. The second kappa shape index (κ2) is 12.6. The molecule has 0 radical (unpaired) electrons. The van der Waals surface area contributed by atoms with Crippen LogP contribution in [0, 0.1) is 5.92 Å². The third-order valence-corrected chi connectivity index (χ3v) is 7.71. The molecule has 2 aromatic rings. The van der Waals surface area contributed by atoms with Crippen LogP contribution in [0.3, 0.4) is 0 Å². The molecule has 2 fully saturated rings. The summed E-state index contributed by atoms with van der Waals surface area (Å²) in [6, 6.07) is 14.4. The number of hydrogen-bond acceptors (Lipinski definition) is 5. The largest absolute Gasteiger partial charge is 0.493 e. The van der Waals surface area contributed by atoms with Crippen LogP contribution >= 0.6 is 11.6 Å². The summed E-state index contributed by atoms with van der Waals surface area (Å²) in [6.07, 6.45) is 7.17. The molecule has 36 heavy (non-hydrogen) atoms. The van der Waals surface area contributed by atoms with Crippen LogP contribution in [0.4, 0.5) is 0 Å². The van der Waals surface area contributed by atoms with Crippen molar-refractivity contribution in [2.45, 2.75) is 64.5 Å². The molecule has 0 unspecified atom stereocenters. The summed E-state index contributed by atoms with van der Waals surface area (Å²) in [6.45, 7) is 4.63. The second-order valence-electron chi connectivity index (χ2n) is 9.93. The molecule has 1 atom stereocenters. The fraction of sp³-hybridized carbons (Fsp3) is 0.517. The Morgan fingerprint density at radius 1 is 1.00 bits per heavy atom. The first-order valence-corrected chi connectivity index (χ1v) is 13.4. The van der Waals surface area contributed by atoms with Gasteiger partial charge in [-0.25, -0.2) is 0 Å². The minimum absolute atomic E-state index is 0.126. The van der Waals surface area contributed by atoms with E-state index in [0.717, 1.165) is 23.7 Å². The first-order chi connectivity index (χ1) is 17.4. The molecular weight excluding hydrogens is 476 g/mol. The number of imide groups is 1. The summed E-state index contributed by atoms with van der Waals surface area (Å²) in [5.41, 5.74) is 2.41. The number of likely N-dealkylation sites (tertiary alicyclic amines) is 1. The van der Waals surface area contributed by atoms with E-state index in [4.69, 9.17) is 21.1 Å². The SMILES string of the molecule is COc1cc(CN(CC2CCCCC2)[C@H](C)c2ccc(Cl)cc2)ccc1OCCN1C(=O)CCC1=O. The molecule has 0 spiro atoms. The first kappa shape index (κ1) is 26.5. The molecule has 0 N–H and O–H groups in total. The van der Waals surface area contributed by atoms with Gasteiger partial charge in [-0.15, -0.1) is 0 Å². The van der Waals surface area contributed by atoms with Crippen LogP contribution in [0.5, 0.6) is 11.5 Å². The molecule has 1 aliphatic carbocycles. The van der Waals surface area contributed by atoms with Crippen LogP contribution in [-0.2, 0) is 16.1 Å². The lowest BCUT2D eigenvalue weighted by atomic mass is 9.88. The predicted molar refractivity (Wildman–Crippen MR) is 141 cm³/mol. The van der Waals surface area contributed by atoms with E-state index in [0.29, 0.717) is 30.3 Å². The van der Waals surface area contributed by atoms with Gasteiger partial charge in [-0.2, -0.15) is 0 Å². The maximum Gasteiger partial charge on any atom is 0.229 e. The van der Waals surface area contributed by atoms with Gasteiger partial charge < -0.3 is 9.47 Å². The Morgan fingerprint density at radius 3 is 2.36 bits per heavy atom. The van der Waals surface area contributed by atoms with E-state index in [1.807, 2.05) is 24.3 Å². The van der Waals surface area contributed by atoms with Gasteiger partial charge in [0.15, 0.2) is 11.5 Å². The number of carbonyl (C=O) groups excluding carboxylic acids is 2. The van der Waals surface area contributed by atoms with E-state index in [2.05, 4.69) is 30.0 Å². The van der Waals surface area contributed by atoms with Gasteiger partial charge in [0.1, 0.15) is 6.61 Å². The van der Waals surface area contributed by atoms with Crippen molar-refractivity contribution in [3.8, 4) is 11.5 Å². The highest BCUT2D eigenvalue weighted by Gasteiger charge is 2.28. The van der Waals surface area contributed by atoms with Crippen molar-refractivity contribution in [2.75, 3.05) is 26.8 Å². The van der Waals surface area contributed by atoms with Crippen molar-refractivity contribution in [1.29, 1.82) is 0 Å². The van der Waals surface area contributed by atoms with Crippen LogP contribution in [-0.4, -0.2) is 48.4 Å². The maximum absolute atomic E-state index is 11.8. The normalized spacial score (nSPS) is 17.6. The number of ether oxygens (including phenoxy) is 2. The monoisotopic (exact) mass is 512 g/mol. The van der Waals surface area contributed by atoms with Gasteiger partial charge in [-0.05, 0) is 61.1 Å². The molecule has 1 saturated heterocycles. The summed E-state index contributed by atoms with van der Waals surface area (Å²) in [5, 5.41) is 0.753. The number of methoxy groups -OCH3 is 1. The first-order valence-electron chi connectivity index (χ1n) is 13.1. The molecular formula is C29H37ClN2O4. The number of amides is 2. The average molecular weight is 513 g/mol. The molecule has 194 valence electrons. The Kier molecular flexibility index (Phi) is 9.27. The Balaban J connectivity index is 1.45. The van der Waals surface area contributed by atoms with Crippen molar-refractivity contribution in [3.05, 3.63) is 58.6 Å². The number of benzene rings is 2. The standard InChI is InChI=1S/C29H37ClN2O4/c1-21(24-9-11-25(30)12-10-24)31(19-22-6-4-3-5-7-22)20-23-8-13-26(27(18-23)35-2)36-17-16-32-28(33)14-15-29(32)34/h8-13,18,21-22H,3-7,14-17,19-20H2,1-2H3/t21-/m1/s1. The number of carbonyl (C=O) groups is 2. The molecule has 2 aliphatic rings. The number of halogens is 1. The van der Waals surface area contributed by atoms with E-state index in [1.165, 1.54) is 42.6 Å². The highest BCUT2D eigenvalue weighted by molar-refractivity contribution is 6.30. The molecule has 7 heteroatoms. The third-order valence-electron chi connectivity index (χ3n) is 7.46.